The molecule has 1 amide bonds. The Bertz CT molecular complexity index is 882. The fraction of sp³-hybridized carbons (Fsp3) is 0.111. The third-order valence-corrected chi connectivity index (χ3v) is 4.98. The van der Waals surface area contributed by atoms with Gasteiger partial charge in [-0.15, -0.1) is 0 Å². The zero-order chi connectivity index (χ0) is 18.0. The van der Waals surface area contributed by atoms with Gasteiger partial charge >= 0.3 is 0 Å². The van der Waals surface area contributed by atoms with E-state index in [9.17, 15) is 9.90 Å². The van der Waals surface area contributed by atoms with Gasteiger partial charge in [0.1, 0.15) is 0 Å². The van der Waals surface area contributed by atoms with Gasteiger partial charge in [0.15, 0.2) is 15.8 Å². The van der Waals surface area contributed by atoms with Crippen LogP contribution >= 0.6 is 35.6 Å². The smallest absolute Gasteiger partial charge is 0.270 e. The largest absolute Gasteiger partial charge is 0.504 e. The summed E-state index contributed by atoms with van der Waals surface area (Å²) in [6.45, 7) is 2.27. The molecule has 0 aliphatic carbocycles. The van der Waals surface area contributed by atoms with Crippen molar-refractivity contribution in [3.05, 3.63) is 58.0 Å². The fourth-order valence-electron chi connectivity index (χ4n) is 2.35. The molecule has 4 nitrogen and oxygen atoms in total. The Balaban J connectivity index is 1.92. The zero-order valence-corrected chi connectivity index (χ0v) is 15.6. The van der Waals surface area contributed by atoms with Gasteiger partial charge in [0.05, 0.1) is 17.2 Å². The monoisotopic (exact) mass is 391 g/mol. The molecule has 0 aromatic heterocycles. The molecular weight excluding hydrogens is 378 g/mol. The Hall–Kier alpha value is -2.02. The van der Waals surface area contributed by atoms with Crippen LogP contribution in [0.3, 0.4) is 0 Å². The number of thioether (sulfide) groups is 1. The number of rotatable bonds is 4. The number of nitrogens with zero attached hydrogens (tertiary/aromatic N) is 1. The lowest BCUT2D eigenvalue weighted by Crippen LogP contribution is -2.27. The molecule has 0 spiro atoms. The van der Waals surface area contributed by atoms with Crippen molar-refractivity contribution in [2.24, 2.45) is 0 Å². The van der Waals surface area contributed by atoms with E-state index in [0.29, 0.717) is 32.3 Å². The Morgan fingerprint density at radius 1 is 1.32 bits per heavy atom. The molecule has 1 N–H and O–H groups in total. The summed E-state index contributed by atoms with van der Waals surface area (Å²) in [5, 5.41) is 10.3. The fourth-order valence-corrected chi connectivity index (χ4v) is 3.83. The topological polar surface area (TPSA) is 49.8 Å². The molecule has 0 bridgehead atoms. The number of hydrogen-bond acceptors (Lipinski definition) is 5. The molecule has 25 heavy (non-hydrogen) atoms. The predicted molar refractivity (Wildman–Crippen MR) is 106 cm³/mol. The van der Waals surface area contributed by atoms with Crippen molar-refractivity contribution in [3.8, 4) is 11.5 Å². The minimum atomic E-state index is -0.205. The van der Waals surface area contributed by atoms with Crippen LogP contribution in [-0.2, 0) is 4.79 Å². The van der Waals surface area contributed by atoms with E-state index in [1.807, 2.05) is 6.92 Å². The molecule has 7 heteroatoms. The number of halogens is 1. The number of aromatic hydroxyl groups is 1. The predicted octanol–water partition coefficient (Wildman–Crippen LogP) is 4.85. The minimum absolute atomic E-state index is 0.0606. The van der Waals surface area contributed by atoms with Crippen LogP contribution in [0.15, 0.2) is 47.4 Å². The average Bonchev–Trinajstić information content (AvgIpc) is 2.85. The summed E-state index contributed by atoms with van der Waals surface area (Å²) in [7, 11) is 0. The number of anilines is 1. The number of amides is 1. The van der Waals surface area contributed by atoms with Crippen molar-refractivity contribution in [1.29, 1.82) is 0 Å². The van der Waals surface area contributed by atoms with Gasteiger partial charge in [0.25, 0.3) is 5.91 Å². The number of phenolic OH excluding ortho intramolecular Hbond substituents is 1. The summed E-state index contributed by atoms with van der Waals surface area (Å²) >= 11 is 12.6. The Kier molecular flexibility index (Phi) is 5.32. The number of hydrogen-bond donors (Lipinski definition) is 1. The highest BCUT2D eigenvalue weighted by molar-refractivity contribution is 8.27. The second kappa shape index (κ2) is 7.47. The van der Waals surface area contributed by atoms with Crippen molar-refractivity contribution >= 4 is 57.6 Å². The molecule has 128 valence electrons. The van der Waals surface area contributed by atoms with Crippen LogP contribution in [0.25, 0.3) is 6.08 Å². The zero-order valence-electron chi connectivity index (χ0n) is 13.2. The maximum Gasteiger partial charge on any atom is 0.270 e. The van der Waals surface area contributed by atoms with Gasteiger partial charge in [0, 0.05) is 5.02 Å². The number of phenols is 1. The molecular formula is C18H14ClNO3S2. The van der Waals surface area contributed by atoms with Crippen molar-refractivity contribution in [2.45, 2.75) is 6.92 Å². The highest BCUT2D eigenvalue weighted by Gasteiger charge is 2.33. The average molecular weight is 392 g/mol. The quantitative estimate of drug-likeness (QED) is 0.596. The summed E-state index contributed by atoms with van der Waals surface area (Å²) in [6.07, 6.45) is 1.73. The lowest BCUT2D eigenvalue weighted by Gasteiger charge is -2.14. The molecule has 1 saturated heterocycles. The van der Waals surface area contributed by atoms with E-state index in [1.165, 1.54) is 22.7 Å². The normalized spacial score (nSPS) is 15.9. The van der Waals surface area contributed by atoms with Crippen LogP contribution in [0.5, 0.6) is 11.5 Å². The van der Waals surface area contributed by atoms with Crippen molar-refractivity contribution < 1.29 is 14.6 Å². The molecule has 1 fully saturated rings. The van der Waals surface area contributed by atoms with E-state index in [4.69, 9.17) is 28.6 Å². The Morgan fingerprint density at radius 3 is 2.84 bits per heavy atom. The van der Waals surface area contributed by atoms with Crippen LogP contribution < -0.4 is 9.64 Å². The van der Waals surface area contributed by atoms with Gasteiger partial charge < -0.3 is 9.84 Å². The third-order valence-electron chi connectivity index (χ3n) is 3.44. The Morgan fingerprint density at radius 2 is 2.12 bits per heavy atom. The highest BCUT2D eigenvalue weighted by atomic mass is 35.5. The molecule has 1 aliphatic rings. The molecule has 2 aromatic rings. The minimum Gasteiger partial charge on any atom is -0.504 e. The lowest BCUT2D eigenvalue weighted by atomic mass is 10.2. The summed E-state index contributed by atoms with van der Waals surface area (Å²) in [5.74, 6) is 0.232. The summed E-state index contributed by atoms with van der Waals surface area (Å²) in [6, 6.07) is 11.9. The van der Waals surface area contributed by atoms with E-state index in [1.54, 1.807) is 42.5 Å². The van der Waals surface area contributed by atoms with Crippen LogP contribution in [0, 0.1) is 0 Å². The first-order valence-corrected chi connectivity index (χ1v) is 9.09. The van der Waals surface area contributed by atoms with E-state index in [2.05, 4.69) is 0 Å². The SMILES string of the molecule is CCOc1cc(/C=C2/SC(=S)N(c3cccc(Cl)c3)C2=O)ccc1O. The second-order valence-corrected chi connectivity index (χ2v) is 7.27. The molecule has 1 heterocycles. The molecule has 1 aliphatic heterocycles. The van der Waals surface area contributed by atoms with Gasteiger partial charge in [0.2, 0.25) is 0 Å². The number of thiocarbonyl (C=S) groups is 1. The molecule has 0 radical (unpaired) electrons. The molecule has 0 atom stereocenters. The third kappa shape index (κ3) is 3.81. The molecule has 3 rings (SSSR count). The molecule has 2 aromatic carbocycles. The van der Waals surface area contributed by atoms with Gasteiger partial charge in [-0.05, 0) is 48.9 Å². The summed E-state index contributed by atoms with van der Waals surface area (Å²) < 4.78 is 5.82. The van der Waals surface area contributed by atoms with Crippen molar-refractivity contribution in [2.75, 3.05) is 11.5 Å². The van der Waals surface area contributed by atoms with Gasteiger partial charge in [-0.3, -0.25) is 9.69 Å². The van der Waals surface area contributed by atoms with Crippen molar-refractivity contribution in [3.63, 3.8) is 0 Å². The van der Waals surface area contributed by atoms with Crippen LogP contribution in [0.2, 0.25) is 5.02 Å². The Labute approximate surface area is 160 Å². The number of benzene rings is 2. The van der Waals surface area contributed by atoms with Crippen LogP contribution in [0.4, 0.5) is 5.69 Å². The number of carbonyl (C=O) groups is 1. The maximum absolute atomic E-state index is 12.7. The number of ether oxygens (including phenoxy) is 1. The van der Waals surface area contributed by atoms with E-state index in [0.717, 1.165) is 5.56 Å². The standard InChI is InChI=1S/C18H14ClNO3S2/c1-2-23-15-8-11(6-7-14(15)21)9-16-17(22)20(18(24)25-16)13-5-3-4-12(19)10-13/h3-10,21H,2H2,1H3/b16-9+. The second-order valence-electron chi connectivity index (χ2n) is 5.16. The van der Waals surface area contributed by atoms with Gasteiger partial charge in [-0.25, -0.2) is 0 Å². The maximum atomic E-state index is 12.7. The van der Waals surface area contributed by atoms with E-state index < -0.39 is 0 Å². The van der Waals surface area contributed by atoms with Crippen LogP contribution in [0.1, 0.15) is 12.5 Å². The highest BCUT2D eigenvalue weighted by Crippen LogP contribution is 2.37. The van der Waals surface area contributed by atoms with Crippen molar-refractivity contribution in [1.82, 2.24) is 0 Å². The first-order valence-electron chi connectivity index (χ1n) is 7.49. The van der Waals surface area contributed by atoms with Gasteiger partial charge in [-0.2, -0.15) is 0 Å². The lowest BCUT2D eigenvalue weighted by molar-refractivity contribution is -0.113. The van der Waals surface area contributed by atoms with Gasteiger partial charge in [-0.1, -0.05) is 47.7 Å². The first kappa shape index (κ1) is 17.8. The summed E-state index contributed by atoms with van der Waals surface area (Å²) in [5.41, 5.74) is 1.38. The summed E-state index contributed by atoms with van der Waals surface area (Å²) in [4.78, 5) is 14.7. The first-order chi connectivity index (χ1) is 12.0. The van der Waals surface area contributed by atoms with Crippen LogP contribution in [-0.4, -0.2) is 21.9 Å². The molecule has 0 unspecified atom stereocenters. The number of carbonyl (C=O) groups excluding carboxylic acids is 1. The van der Waals surface area contributed by atoms with E-state index >= 15 is 0 Å². The van der Waals surface area contributed by atoms with E-state index in [-0.39, 0.29) is 11.7 Å². The molecule has 0 saturated carbocycles.